The number of carbonyl (C=O) groups is 1. The van der Waals surface area contributed by atoms with Gasteiger partial charge in [0.25, 0.3) is 5.91 Å². The molecule has 1 atom stereocenters. The van der Waals surface area contributed by atoms with Crippen LogP contribution in [0.4, 0.5) is 8.78 Å². The van der Waals surface area contributed by atoms with Crippen molar-refractivity contribution in [3.8, 4) is 5.75 Å². The third-order valence-electron chi connectivity index (χ3n) is 6.74. The van der Waals surface area contributed by atoms with E-state index in [1.54, 1.807) is 29.2 Å². The van der Waals surface area contributed by atoms with Gasteiger partial charge in [-0.2, -0.15) is 4.31 Å². The number of amides is 1. The fraction of sp³-hybridized carbons (Fsp3) is 0.345. The molecule has 0 unspecified atom stereocenters. The topological polar surface area (TPSA) is 66.9 Å². The number of hydrogen-bond acceptors (Lipinski definition) is 4. The lowest BCUT2D eigenvalue weighted by Crippen LogP contribution is -2.45. The number of nitrogens with zero attached hydrogens (tertiary/aromatic N) is 2. The van der Waals surface area contributed by atoms with Crippen molar-refractivity contribution in [3.05, 3.63) is 95.6 Å². The van der Waals surface area contributed by atoms with Gasteiger partial charge >= 0.3 is 0 Å². The summed E-state index contributed by atoms with van der Waals surface area (Å²) in [5, 5.41) is 0. The molecule has 0 aliphatic carbocycles. The molecular formula is C29H32F2N2O4S. The Bertz CT molecular complexity index is 1350. The maximum Gasteiger partial charge on any atom is 0.257 e. The van der Waals surface area contributed by atoms with Gasteiger partial charge < -0.3 is 9.64 Å². The number of fused-ring (bicyclic) bond motifs is 1. The summed E-state index contributed by atoms with van der Waals surface area (Å²) in [5.74, 6) is -2.09. The van der Waals surface area contributed by atoms with Crippen LogP contribution in [0.2, 0.25) is 0 Å². The molecule has 0 spiro atoms. The van der Waals surface area contributed by atoms with Crippen LogP contribution in [0.15, 0.2) is 77.7 Å². The Morgan fingerprint density at radius 1 is 0.895 bits per heavy atom. The van der Waals surface area contributed by atoms with Crippen LogP contribution in [-0.4, -0.2) is 55.8 Å². The van der Waals surface area contributed by atoms with Gasteiger partial charge in [0.2, 0.25) is 10.0 Å². The SMILES string of the molecule is CCN1CCCCCN(S(=O)(=O)c2ccc(F)c(F)c2)[C@H](Cc2ccccc2)COc2ccccc2C1=O. The summed E-state index contributed by atoms with van der Waals surface area (Å²) in [4.78, 5) is 14.7. The van der Waals surface area contributed by atoms with Crippen LogP contribution in [0, 0.1) is 11.6 Å². The van der Waals surface area contributed by atoms with Gasteiger partial charge in [-0.1, -0.05) is 48.9 Å². The summed E-state index contributed by atoms with van der Waals surface area (Å²) in [6, 6.07) is 18.3. The smallest absolute Gasteiger partial charge is 0.257 e. The van der Waals surface area contributed by atoms with Crippen molar-refractivity contribution in [2.45, 2.75) is 43.5 Å². The maximum atomic E-state index is 14.1. The number of halogens is 2. The van der Waals surface area contributed by atoms with Crippen LogP contribution in [0.3, 0.4) is 0 Å². The van der Waals surface area contributed by atoms with Gasteiger partial charge in [-0.05, 0) is 62.1 Å². The number of carbonyl (C=O) groups excluding carboxylic acids is 1. The van der Waals surface area contributed by atoms with Gasteiger partial charge in [-0.3, -0.25) is 4.79 Å². The Kier molecular flexibility index (Phi) is 9.12. The number of hydrogen-bond donors (Lipinski definition) is 0. The Morgan fingerprint density at radius 3 is 2.34 bits per heavy atom. The van der Waals surface area contributed by atoms with Crippen molar-refractivity contribution in [3.63, 3.8) is 0 Å². The lowest BCUT2D eigenvalue weighted by molar-refractivity contribution is 0.0757. The molecule has 0 N–H and O–H groups in total. The van der Waals surface area contributed by atoms with Crippen molar-refractivity contribution in [1.29, 1.82) is 0 Å². The molecule has 0 bridgehead atoms. The highest BCUT2D eigenvalue weighted by Gasteiger charge is 2.33. The third kappa shape index (κ3) is 6.39. The first-order valence-electron chi connectivity index (χ1n) is 12.8. The summed E-state index contributed by atoms with van der Waals surface area (Å²) in [6.07, 6.45) is 2.26. The summed E-state index contributed by atoms with van der Waals surface area (Å²) in [6.45, 7) is 3.14. The molecule has 0 aromatic heterocycles. The van der Waals surface area contributed by atoms with Crippen LogP contribution >= 0.6 is 0 Å². The Labute approximate surface area is 222 Å². The minimum absolute atomic E-state index is 0.0335. The molecule has 9 heteroatoms. The fourth-order valence-electron chi connectivity index (χ4n) is 4.68. The predicted molar refractivity (Wildman–Crippen MR) is 142 cm³/mol. The molecule has 1 aliphatic heterocycles. The fourth-order valence-corrected chi connectivity index (χ4v) is 6.34. The average Bonchev–Trinajstić information content (AvgIpc) is 2.93. The molecule has 0 fully saturated rings. The van der Waals surface area contributed by atoms with E-state index in [-0.39, 0.29) is 24.0 Å². The highest BCUT2D eigenvalue weighted by atomic mass is 32.2. The van der Waals surface area contributed by atoms with Gasteiger partial charge in [0, 0.05) is 19.6 Å². The first kappa shape index (κ1) is 27.7. The standard InChI is InChI=1S/C29H32F2N2O4S/c1-2-32-17-9-4-10-18-33(38(35,36)24-15-16-26(30)27(31)20-24)23(19-22-11-5-3-6-12-22)21-37-28-14-8-7-13-25(28)29(32)34/h3,5-8,11-16,20,23H,2,4,9-10,17-19,21H2,1H3/t23-/m1/s1. The van der Waals surface area contributed by atoms with Crippen molar-refractivity contribution in [2.75, 3.05) is 26.2 Å². The summed E-state index contributed by atoms with van der Waals surface area (Å²) < 4.78 is 62.9. The lowest BCUT2D eigenvalue weighted by atomic mass is 10.1. The zero-order valence-electron chi connectivity index (χ0n) is 21.4. The summed E-state index contributed by atoms with van der Waals surface area (Å²) >= 11 is 0. The van der Waals surface area contributed by atoms with Crippen molar-refractivity contribution < 1.29 is 26.7 Å². The summed E-state index contributed by atoms with van der Waals surface area (Å²) in [5.41, 5.74) is 1.32. The number of para-hydroxylation sites is 1. The Balaban J connectivity index is 1.76. The lowest BCUT2D eigenvalue weighted by Gasteiger charge is -2.31. The second-order valence-corrected chi connectivity index (χ2v) is 11.2. The molecule has 3 aromatic carbocycles. The molecule has 0 saturated heterocycles. The van der Waals surface area contributed by atoms with E-state index < -0.39 is 27.7 Å². The maximum absolute atomic E-state index is 14.1. The first-order valence-corrected chi connectivity index (χ1v) is 14.3. The monoisotopic (exact) mass is 542 g/mol. The van der Waals surface area contributed by atoms with Crippen molar-refractivity contribution in [2.24, 2.45) is 0 Å². The predicted octanol–water partition coefficient (Wildman–Crippen LogP) is 5.29. The molecule has 4 rings (SSSR count). The van der Waals surface area contributed by atoms with Crippen LogP contribution < -0.4 is 4.74 Å². The second kappa shape index (κ2) is 12.5. The highest BCUT2D eigenvalue weighted by Crippen LogP contribution is 2.26. The van der Waals surface area contributed by atoms with E-state index in [1.165, 1.54) is 4.31 Å². The molecule has 1 heterocycles. The zero-order valence-corrected chi connectivity index (χ0v) is 22.2. The molecule has 3 aromatic rings. The van der Waals surface area contributed by atoms with Gasteiger partial charge in [-0.15, -0.1) is 0 Å². The molecule has 1 aliphatic rings. The molecule has 6 nitrogen and oxygen atoms in total. The van der Waals surface area contributed by atoms with Crippen LogP contribution in [0.25, 0.3) is 0 Å². The van der Waals surface area contributed by atoms with Gasteiger partial charge in [0.05, 0.1) is 16.5 Å². The van der Waals surface area contributed by atoms with E-state index in [1.807, 2.05) is 37.3 Å². The Morgan fingerprint density at radius 2 is 1.61 bits per heavy atom. The van der Waals surface area contributed by atoms with Crippen LogP contribution in [-0.2, 0) is 16.4 Å². The second-order valence-electron chi connectivity index (χ2n) is 9.29. The molecule has 38 heavy (non-hydrogen) atoms. The van der Waals surface area contributed by atoms with Crippen molar-refractivity contribution in [1.82, 2.24) is 9.21 Å². The first-order chi connectivity index (χ1) is 18.3. The number of rotatable bonds is 5. The Hall–Kier alpha value is -3.30. The highest BCUT2D eigenvalue weighted by molar-refractivity contribution is 7.89. The normalized spacial score (nSPS) is 18.0. The molecule has 202 valence electrons. The van der Waals surface area contributed by atoms with E-state index in [2.05, 4.69) is 0 Å². The van der Waals surface area contributed by atoms with E-state index in [9.17, 15) is 22.0 Å². The molecular weight excluding hydrogens is 510 g/mol. The number of ether oxygens (including phenoxy) is 1. The summed E-state index contributed by atoms with van der Waals surface area (Å²) in [7, 11) is -4.20. The van der Waals surface area contributed by atoms with Gasteiger partial charge in [0.1, 0.15) is 12.4 Å². The van der Waals surface area contributed by atoms with E-state index >= 15 is 0 Å². The van der Waals surface area contributed by atoms with Gasteiger partial charge in [0.15, 0.2) is 11.6 Å². The zero-order chi connectivity index (χ0) is 27.1. The minimum Gasteiger partial charge on any atom is -0.491 e. The average molecular weight is 543 g/mol. The quantitative estimate of drug-likeness (QED) is 0.439. The van der Waals surface area contributed by atoms with E-state index in [4.69, 9.17) is 4.74 Å². The molecule has 0 saturated carbocycles. The van der Waals surface area contributed by atoms with Crippen LogP contribution in [0.1, 0.15) is 42.1 Å². The molecule has 0 radical (unpaired) electrons. The number of sulfonamides is 1. The minimum atomic E-state index is -4.20. The van der Waals surface area contributed by atoms with E-state index in [0.717, 1.165) is 23.8 Å². The van der Waals surface area contributed by atoms with Gasteiger partial charge in [-0.25, -0.2) is 17.2 Å². The van der Waals surface area contributed by atoms with Crippen molar-refractivity contribution >= 4 is 15.9 Å². The van der Waals surface area contributed by atoms with Crippen LogP contribution in [0.5, 0.6) is 5.75 Å². The van der Waals surface area contributed by atoms with E-state index in [0.29, 0.717) is 50.1 Å². The third-order valence-corrected chi connectivity index (χ3v) is 8.69. The number of benzene rings is 3. The largest absolute Gasteiger partial charge is 0.491 e. The molecule has 1 amide bonds.